The molecule has 6 heteroatoms. The molecule has 1 heterocycles. The van der Waals surface area contributed by atoms with Crippen LogP contribution in [0, 0.1) is 0 Å². The highest BCUT2D eigenvalue weighted by Crippen LogP contribution is 2.37. The van der Waals surface area contributed by atoms with Gasteiger partial charge in [-0.3, -0.25) is 0 Å². The molecule has 1 aliphatic rings. The van der Waals surface area contributed by atoms with Gasteiger partial charge in [0.25, 0.3) is 0 Å². The van der Waals surface area contributed by atoms with Crippen LogP contribution in [0.5, 0.6) is 17.2 Å². The molecule has 5 rings (SSSR count). The molecule has 168 valence electrons. The van der Waals surface area contributed by atoms with Crippen LogP contribution in [0.2, 0.25) is 0 Å². The van der Waals surface area contributed by atoms with Crippen LogP contribution in [0.3, 0.4) is 0 Å². The molecule has 1 aromatic heterocycles. The van der Waals surface area contributed by atoms with E-state index in [4.69, 9.17) is 14.5 Å². The molecule has 0 unspecified atom stereocenters. The van der Waals surface area contributed by atoms with Gasteiger partial charge in [-0.1, -0.05) is 31.4 Å². The Labute approximate surface area is 192 Å². The second-order valence-corrected chi connectivity index (χ2v) is 8.38. The molecule has 0 bridgehead atoms. The van der Waals surface area contributed by atoms with Crippen molar-refractivity contribution in [3.05, 3.63) is 72.3 Å². The van der Waals surface area contributed by atoms with E-state index in [-0.39, 0.29) is 5.56 Å². The molecule has 0 saturated heterocycles. The average molecular weight is 443 g/mol. The van der Waals surface area contributed by atoms with Gasteiger partial charge in [0.05, 0.1) is 23.7 Å². The molecule has 0 amide bonds. The number of fused-ring (bicyclic) bond motifs is 1. The smallest absolute Gasteiger partial charge is 0.335 e. The number of imidazole rings is 1. The summed E-state index contributed by atoms with van der Waals surface area (Å²) < 4.78 is 13.7. The lowest BCUT2D eigenvalue weighted by atomic mass is 9.95. The first-order valence-corrected chi connectivity index (χ1v) is 11.3. The second kappa shape index (κ2) is 8.98. The van der Waals surface area contributed by atoms with E-state index in [0.717, 1.165) is 29.7 Å². The fourth-order valence-electron chi connectivity index (χ4n) is 4.65. The standard InChI is InChI=1S/C27H26N2O4/c1-32-24-9-5-6-10-25(24)33-21-14-11-18(12-15-21)26-28-22-17-19(27(30)31)13-16-23(22)29(26)20-7-3-2-4-8-20/h5-6,9-17,20H,2-4,7-8H2,1H3,(H,30,31). The Balaban J connectivity index is 1.53. The van der Waals surface area contributed by atoms with Crippen LogP contribution in [0.1, 0.15) is 48.5 Å². The van der Waals surface area contributed by atoms with Crippen molar-refractivity contribution in [3.63, 3.8) is 0 Å². The molecule has 0 atom stereocenters. The van der Waals surface area contributed by atoms with E-state index < -0.39 is 5.97 Å². The summed E-state index contributed by atoms with van der Waals surface area (Å²) in [4.78, 5) is 16.4. The quantitative estimate of drug-likeness (QED) is 0.359. The Bertz CT molecular complexity index is 1290. The van der Waals surface area contributed by atoms with Gasteiger partial charge in [0.2, 0.25) is 0 Å². The fourth-order valence-corrected chi connectivity index (χ4v) is 4.65. The molecule has 3 aromatic carbocycles. The maximum Gasteiger partial charge on any atom is 0.335 e. The van der Waals surface area contributed by atoms with E-state index >= 15 is 0 Å². The van der Waals surface area contributed by atoms with Crippen molar-refractivity contribution in [2.45, 2.75) is 38.1 Å². The van der Waals surface area contributed by atoms with Crippen molar-refractivity contribution in [3.8, 4) is 28.6 Å². The molecular formula is C27H26N2O4. The molecule has 1 fully saturated rings. The molecule has 1 saturated carbocycles. The normalized spacial score (nSPS) is 14.3. The highest BCUT2D eigenvalue weighted by atomic mass is 16.5. The SMILES string of the molecule is COc1ccccc1Oc1ccc(-c2nc3cc(C(=O)O)ccc3n2C2CCCCC2)cc1. The highest BCUT2D eigenvalue weighted by molar-refractivity contribution is 5.93. The molecule has 1 aliphatic carbocycles. The van der Waals surface area contributed by atoms with Crippen molar-refractivity contribution in [1.82, 2.24) is 9.55 Å². The summed E-state index contributed by atoms with van der Waals surface area (Å²) in [5.41, 5.74) is 2.92. The number of nitrogens with zero attached hydrogens (tertiary/aromatic N) is 2. The predicted molar refractivity (Wildman–Crippen MR) is 127 cm³/mol. The number of methoxy groups -OCH3 is 1. The lowest BCUT2D eigenvalue weighted by Gasteiger charge is -2.25. The minimum Gasteiger partial charge on any atom is -0.493 e. The molecule has 0 aliphatic heterocycles. The third-order valence-corrected chi connectivity index (χ3v) is 6.29. The Morgan fingerprint density at radius 3 is 2.39 bits per heavy atom. The molecule has 0 spiro atoms. The first-order valence-electron chi connectivity index (χ1n) is 11.3. The van der Waals surface area contributed by atoms with Crippen molar-refractivity contribution < 1.29 is 19.4 Å². The van der Waals surface area contributed by atoms with Crippen molar-refractivity contribution in [2.24, 2.45) is 0 Å². The van der Waals surface area contributed by atoms with E-state index in [1.807, 2.05) is 54.6 Å². The van der Waals surface area contributed by atoms with E-state index in [9.17, 15) is 9.90 Å². The number of carboxylic acids is 1. The Morgan fingerprint density at radius 2 is 1.70 bits per heavy atom. The Kier molecular flexibility index (Phi) is 5.73. The number of ether oxygens (including phenoxy) is 2. The zero-order chi connectivity index (χ0) is 22.8. The molecule has 1 N–H and O–H groups in total. The van der Waals surface area contributed by atoms with Gasteiger partial charge in [-0.05, 0) is 67.4 Å². The van der Waals surface area contributed by atoms with Crippen LogP contribution in [0.4, 0.5) is 0 Å². The number of carbonyl (C=O) groups is 1. The maximum atomic E-state index is 11.5. The number of aromatic carboxylic acids is 1. The third kappa shape index (κ3) is 4.16. The van der Waals surface area contributed by atoms with Gasteiger partial charge in [0.15, 0.2) is 11.5 Å². The minimum atomic E-state index is -0.941. The molecule has 6 nitrogen and oxygen atoms in total. The fraction of sp³-hybridized carbons (Fsp3) is 0.259. The van der Waals surface area contributed by atoms with E-state index in [1.165, 1.54) is 19.3 Å². The van der Waals surface area contributed by atoms with Crippen LogP contribution >= 0.6 is 0 Å². The van der Waals surface area contributed by atoms with Crippen molar-refractivity contribution in [2.75, 3.05) is 7.11 Å². The van der Waals surface area contributed by atoms with Crippen molar-refractivity contribution >= 4 is 17.0 Å². The van der Waals surface area contributed by atoms with E-state index in [0.29, 0.717) is 28.8 Å². The monoisotopic (exact) mass is 442 g/mol. The van der Waals surface area contributed by atoms with Crippen LogP contribution in [-0.2, 0) is 0 Å². The second-order valence-electron chi connectivity index (χ2n) is 8.38. The lowest BCUT2D eigenvalue weighted by Crippen LogP contribution is -2.14. The van der Waals surface area contributed by atoms with Crippen LogP contribution < -0.4 is 9.47 Å². The number of hydrogen-bond donors (Lipinski definition) is 1. The van der Waals surface area contributed by atoms with Gasteiger partial charge in [-0.2, -0.15) is 0 Å². The van der Waals surface area contributed by atoms with Gasteiger partial charge in [0, 0.05) is 11.6 Å². The number of carboxylic acid groups (broad SMARTS) is 1. The summed E-state index contributed by atoms with van der Waals surface area (Å²) in [6.45, 7) is 0. The minimum absolute atomic E-state index is 0.253. The lowest BCUT2D eigenvalue weighted by molar-refractivity contribution is 0.0697. The largest absolute Gasteiger partial charge is 0.493 e. The predicted octanol–water partition coefficient (Wildman–Crippen LogP) is 6.71. The van der Waals surface area contributed by atoms with Gasteiger partial charge in [-0.25, -0.2) is 9.78 Å². The maximum absolute atomic E-state index is 11.5. The number of rotatable bonds is 6. The third-order valence-electron chi connectivity index (χ3n) is 6.29. The average Bonchev–Trinajstić information content (AvgIpc) is 3.24. The Hall–Kier alpha value is -3.80. The van der Waals surface area contributed by atoms with Gasteiger partial charge >= 0.3 is 5.97 Å². The first kappa shape index (κ1) is 21.1. The summed E-state index contributed by atoms with van der Waals surface area (Å²) in [5, 5.41) is 9.42. The molecule has 4 aromatic rings. The molecule has 33 heavy (non-hydrogen) atoms. The van der Waals surface area contributed by atoms with E-state index in [2.05, 4.69) is 4.57 Å². The highest BCUT2D eigenvalue weighted by Gasteiger charge is 2.23. The summed E-state index contributed by atoms with van der Waals surface area (Å²) in [6, 6.07) is 21.0. The number of benzene rings is 3. The zero-order valence-electron chi connectivity index (χ0n) is 18.5. The zero-order valence-corrected chi connectivity index (χ0v) is 18.5. The Morgan fingerprint density at radius 1 is 0.970 bits per heavy atom. The molecular weight excluding hydrogens is 416 g/mol. The summed E-state index contributed by atoms with van der Waals surface area (Å²) in [5.74, 6) is 1.96. The van der Waals surface area contributed by atoms with E-state index in [1.54, 1.807) is 19.2 Å². The summed E-state index contributed by atoms with van der Waals surface area (Å²) >= 11 is 0. The van der Waals surface area contributed by atoms with Gasteiger partial charge in [-0.15, -0.1) is 0 Å². The van der Waals surface area contributed by atoms with Crippen LogP contribution in [-0.4, -0.2) is 27.7 Å². The number of para-hydroxylation sites is 2. The summed E-state index contributed by atoms with van der Waals surface area (Å²) in [6.07, 6.45) is 5.87. The molecule has 0 radical (unpaired) electrons. The van der Waals surface area contributed by atoms with Crippen LogP contribution in [0.15, 0.2) is 66.7 Å². The van der Waals surface area contributed by atoms with Crippen molar-refractivity contribution in [1.29, 1.82) is 0 Å². The van der Waals surface area contributed by atoms with Gasteiger partial charge in [0.1, 0.15) is 11.6 Å². The number of aromatic nitrogens is 2. The first-order chi connectivity index (χ1) is 16.1. The number of hydrogen-bond acceptors (Lipinski definition) is 4. The summed E-state index contributed by atoms with van der Waals surface area (Å²) in [7, 11) is 1.62. The van der Waals surface area contributed by atoms with Gasteiger partial charge < -0.3 is 19.1 Å². The van der Waals surface area contributed by atoms with Crippen LogP contribution in [0.25, 0.3) is 22.4 Å². The topological polar surface area (TPSA) is 73.6 Å².